The van der Waals surface area contributed by atoms with Gasteiger partial charge in [-0.3, -0.25) is 4.68 Å². The summed E-state index contributed by atoms with van der Waals surface area (Å²) in [5.41, 5.74) is 1.39. The Morgan fingerprint density at radius 1 is 1.23 bits per heavy atom. The predicted molar refractivity (Wildman–Crippen MR) is 93.4 cm³/mol. The SMILES string of the molecule is Cc1cc(F)c2[nH]c(S(=O)(=O)N3CCCCC3)nc2c1-c1ncn(C)n1. The second-order valence-corrected chi connectivity index (χ2v) is 8.38. The molecule has 1 fully saturated rings. The maximum absolute atomic E-state index is 14.5. The van der Waals surface area contributed by atoms with Crippen molar-refractivity contribution in [2.75, 3.05) is 13.1 Å². The second-order valence-electron chi connectivity index (χ2n) is 6.52. The van der Waals surface area contributed by atoms with Crippen molar-refractivity contribution >= 4 is 21.1 Å². The topological polar surface area (TPSA) is 96.8 Å². The average Bonchev–Trinajstić information content (AvgIpc) is 3.23. The van der Waals surface area contributed by atoms with Crippen LogP contribution in [0.3, 0.4) is 0 Å². The number of imidazole rings is 1. The number of H-pyrrole nitrogens is 1. The van der Waals surface area contributed by atoms with Crippen LogP contribution in [0, 0.1) is 12.7 Å². The fourth-order valence-corrected chi connectivity index (χ4v) is 4.73. The van der Waals surface area contributed by atoms with Crippen LogP contribution in [0.25, 0.3) is 22.4 Å². The van der Waals surface area contributed by atoms with Gasteiger partial charge >= 0.3 is 0 Å². The van der Waals surface area contributed by atoms with E-state index in [1.807, 2.05) is 0 Å². The largest absolute Gasteiger partial charge is 0.325 e. The molecular formula is C16H19FN6O2S. The van der Waals surface area contributed by atoms with E-state index < -0.39 is 15.8 Å². The lowest BCUT2D eigenvalue weighted by Gasteiger charge is -2.24. The van der Waals surface area contributed by atoms with E-state index in [2.05, 4.69) is 20.1 Å². The van der Waals surface area contributed by atoms with Gasteiger partial charge in [0, 0.05) is 20.1 Å². The molecule has 0 saturated carbocycles. The molecule has 0 unspecified atom stereocenters. The smallest absolute Gasteiger partial charge is 0.276 e. The monoisotopic (exact) mass is 378 g/mol. The number of rotatable bonds is 3. The maximum atomic E-state index is 14.5. The zero-order valence-corrected chi connectivity index (χ0v) is 15.3. The molecule has 1 N–H and O–H groups in total. The summed E-state index contributed by atoms with van der Waals surface area (Å²) in [4.78, 5) is 11.1. The van der Waals surface area contributed by atoms with Gasteiger partial charge in [0.1, 0.15) is 23.2 Å². The van der Waals surface area contributed by atoms with Crippen molar-refractivity contribution in [2.45, 2.75) is 31.3 Å². The molecule has 8 nitrogen and oxygen atoms in total. The standard InChI is InChI=1S/C16H19FN6O2S/c1-10-8-11(17)13-14(12(10)15-18-9-22(2)21-15)20-16(19-13)26(24,25)23-6-4-3-5-7-23/h8-9H,3-7H2,1-2H3,(H,19,20). The molecule has 0 aliphatic carbocycles. The van der Waals surface area contributed by atoms with Crippen LogP contribution >= 0.6 is 0 Å². The van der Waals surface area contributed by atoms with E-state index in [-0.39, 0.29) is 16.2 Å². The van der Waals surface area contributed by atoms with Crippen molar-refractivity contribution < 1.29 is 12.8 Å². The Hall–Kier alpha value is -2.33. The van der Waals surface area contributed by atoms with Crippen LogP contribution in [-0.4, -0.2) is 50.5 Å². The third-order valence-electron chi connectivity index (χ3n) is 4.62. The van der Waals surface area contributed by atoms with Crippen LogP contribution in [0.15, 0.2) is 17.6 Å². The van der Waals surface area contributed by atoms with Gasteiger partial charge in [-0.25, -0.2) is 22.8 Å². The van der Waals surface area contributed by atoms with E-state index in [9.17, 15) is 12.8 Å². The highest BCUT2D eigenvalue weighted by molar-refractivity contribution is 7.89. The lowest BCUT2D eigenvalue weighted by Crippen LogP contribution is -2.36. The van der Waals surface area contributed by atoms with Crippen LogP contribution in [0.2, 0.25) is 0 Å². The minimum Gasteiger partial charge on any atom is -0.325 e. The summed E-state index contributed by atoms with van der Waals surface area (Å²) in [6, 6.07) is 1.34. The van der Waals surface area contributed by atoms with E-state index in [1.165, 1.54) is 21.4 Å². The Morgan fingerprint density at radius 3 is 2.62 bits per heavy atom. The molecule has 0 spiro atoms. The number of hydrogen-bond donors (Lipinski definition) is 1. The summed E-state index contributed by atoms with van der Waals surface area (Å²) < 4.78 is 43.2. The number of nitrogens with one attached hydrogen (secondary N) is 1. The van der Waals surface area contributed by atoms with Gasteiger partial charge in [-0.15, -0.1) is 0 Å². The Bertz CT molecular complexity index is 1080. The number of sulfonamides is 1. The Balaban J connectivity index is 1.90. The van der Waals surface area contributed by atoms with Crippen LogP contribution < -0.4 is 0 Å². The number of nitrogens with zero attached hydrogens (tertiary/aromatic N) is 5. The number of piperidine rings is 1. The highest BCUT2D eigenvalue weighted by atomic mass is 32.2. The van der Waals surface area contributed by atoms with Gasteiger partial charge in [0.25, 0.3) is 10.0 Å². The number of aryl methyl sites for hydroxylation is 2. The third-order valence-corrected chi connectivity index (χ3v) is 6.34. The molecule has 10 heteroatoms. The number of aromatic nitrogens is 5. The maximum Gasteiger partial charge on any atom is 0.276 e. The molecule has 1 aliphatic heterocycles. The minimum absolute atomic E-state index is 0.0497. The number of hydrogen-bond acceptors (Lipinski definition) is 5. The summed E-state index contributed by atoms with van der Waals surface area (Å²) in [5, 5.41) is 4.01. The molecule has 0 amide bonds. The molecule has 2 aromatic heterocycles. The van der Waals surface area contributed by atoms with Gasteiger partial charge in [-0.05, 0) is 31.4 Å². The van der Waals surface area contributed by atoms with Crippen molar-refractivity contribution in [3.05, 3.63) is 23.8 Å². The van der Waals surface area contributed by atoms with Gasteiger partial charge in [0.15, 0.2) is 5.82 Å². The lowest BCUT2D eigenvalue weighted by molar-refractivity contribution is 0.344. The molecule has 0 atom stereocenters. The molecule has 0 bridgehead atoms. The second kappa shape index (κ2) is 6.13. The fraction of sp³-hybridized carbons (Fsp3) is 0.438. The van der Waals surface area contributed by atoms with Crippen LogP contribution in [0.1, 0.15) is 24.8 Å². The molecule has 0 radical (unpaired) electrons. The zero-order valence-electron chi connectivity index (χ0n) is 14.5. The van der Waals surface area contributed by atoms with Crippen molar-refractivity contribution in [1.29, 1.82) is 0 Å². The van der Waals surface area contributed by atoms with E-state index in [0.717, 1.165) is 19.3 Å². The van der Waals surface area contributed by atoms with Crippen LogP contribution in [-0.2, 0) is 17.1 Å². The normalized spacial score (nSPS) is 16.4. The van der Waals surface area contributed by atoms with E-state index in [0.29, 0.717) is 30.0 Å². The van der Waals surface area contributed by atoms with Gasteiger partial charge in [-0.2, -0.15) is 9.40 Å². The molecule has 1 aromatic carbocycles. The van der Waals surface area contributed by atoms with Crippen molar-refractivity contribution in [1.82, 2.24) is 29.0 Å². The van der Waals surface area contributed by atoms with Gasteiger partial charge < -0.3 is 4.98 Å². The fourth-order valence-electron chi connectivity index (χ4n) is 3.31. The highest BCUT2D eigenvalue weighted by Crippen LogP contribution is 2.32. The molecule has 4 rings (SSSR count). The first-order valence-corrected chi connectivity index (χ1v) is 9.87. The van der Waals surface area contributed by atoms with Gasteiger partial charge in [0.2, 0.25) is 5.16 Å². The van der Waals surface area contributed by atoms with Crippen molar-refractivity contribution in [3.8, 4) is 11.4 Å². The summed E-state index contributed by atoms with van der Waals surface area (Å²) in [7, 11) is -2.07. The average molecular weight is 378 g/mol. The van der Waals surface area contributed by atoms with Crippen molar-refractivity contribution in [2.24, 2.45) is 7.05 Å². The number of halogens is 1. The van der Waals surface area contributed by atoms with E-state index in [4.69, 9.17) is 0 Å². The Labute approximate surface area is 150 Å². The zero-order chi connectivity index (χ0) is 18.5. The van der Waals surface area contributed by atoms with Crippen molar-refractivity contribution in [3.63, 3.8) is 0 Å². The Kier molecular flexibility index (Phi) is 4.03. The summed E-state index contributed by atoms with van der Waals surface area (Å²) in [6.45, 7) is 2.63. The molecule has 1 saturated heterocycles. The van der Waals surface area contributed by atoms with E-state index >= 15 is 0 Å². The first kappa shape index (κ1) is 17.1. The van der Waals surface area contributed by atoms with Gasteiger partial charge in [0.05, 0.1) is 5.56 Å². The molecule has 138 valence electrons. The molecule has 1 aliphatic rings. The number of aromatic amines is 1. The van der Waals surface area contributed by atoms with Gasteiger partial charge in [-0.1, -0.05) is 6.42 Å². The third kappa shape index (κ3) is 2.69. The summed E-state index contributed by atoms with van der Waals surface area (Å²) >= 11 is 0. The molecular weight excluding hydrogens is 359 g/mol. The number of fused-ring (bicyclic) bond motifs is 1. The molecule has 3 aromatic rings. The number of benzene rings is 1. The lowest BCUT2D eigenvalue weighted by atomic mass is 10.1. The quantitative estimate of drug-likeness (QED) is 0.752. The predicted octanol–water partition coefficient (Wildman–Crippen LogP) is 1.98. The first-order chi connectivity index (χ1) is 12.4. The molecule has 26 heavy (non-hydrogen) atoms. The van der Waals surface area contributed by atoms with E-state index in [1.54, 1.807) is 14.0 Å². The first-order valence-electron chi connectivity index (χ1n) is 8.43. The Morgan fingerprint density at radius 2 is 1.96 bits per heavy atom. The summed E-state index contributed by atoms with van der Waals surface area (Å²) in [5.74, 6) is -0.173. The minimum atomic E-state index is -3.79. The van der Waals surface area contributed by atoms with Crippen LogP contribution in [0.4, 0.5) is 4.39 Å². The summed E-state index contributed by atoms with van der Waals surface area (Å²) in [6.07, 6.45) is 4.17. The highest BCUT2D eigenvalue weighted by Gasteiger charge is 2.30. The molecule has 3 heterocycles. The van der Waals surface area contributed by atoms with Crippen LogP contribution in [0.5, 0.6) is 0 Å².